The first-order chi connectivity index (χ1) is 24.9. The normalized spacial score (nSPS) is 13.3. The van der Waals surface area contributed by atoms with Gasteiger partial charge in [0.2, 0.25) is 0 Å². The lowest BCUT2D eigenvalue weighted by Crippen LogP contribution is -2.47. The van der Waals surface area contributed by atoms with Crippen LogP contribution in [-0.4, -0.2) is 79.3 Å². The van der Waals surface area contributed by atoms with Crippen LogP contribution in [0.25, 0.3) is 17.0 Å². The molecule has 8 nitrogen and oxygen atoms in total. The van der Waals surface area contributed by atoms with E-state index in [2.05, 4.69) is 54.7 Å². The number of benzene rings is 3. The summed E-state index contributed by atoms with van der Waals surface area (Å²) in [7, 11) is 0. The van der Waals surface area contributed by atoms with Gasteiger partial charge in [0.15, 0.2) is 0 Å². The quantitative estimate of drug-likeness (QED) is 0.0667. The largest absolute Gasteiger partial charge is 0.506 e. The van der Waals surface area contributed by atoms with Gasteiger partial charge in [0.05, 0.1) is 32.4 Å². The molecule has 3 N–H and O–H groups in total. The molecule has 1 aromatic heterocycles. The van der Waals surface area contributed by atoms with Gasteiger partial charge in [0.25, 0.3) is 0 Å². The summed E-state index contributed by atoms with van der Waals surface area (Å²) in [5.41, 5.74) is 7.28. The van der Waals surface area contributed by atoms with E-state index >= 15 is 0 Å². The highest BCUT2D eigenvalue weighted by molar-refractivity contribution is 8.00. The molecule has 0 aliphatic carbocycles. The van der Waals surface area contributed by atoms with Crippen molar-refractivity contribution in [2.24, 2.45) is 9.98 Å². The van der Waals surface area contributed by atoms with Crippen LogP contribution in [0.5, 0.6) is 5.75 Å². The second kappa shape index (κ2) is 22.1. The number of phenolic OH excluding ortho intramolecular Hbond substituents is 1. The minimum Gasteiger partial charge on any atom is -0.506 e. The fraction of sp³-hybridized carbons (Fsp3) is 0.342. The van der Waals surface area contributed by atoms with E-state index < -0.39 is 11.6 Å². The van der Waals surface area contributed by atoms with Crippen molar-refractivity contribution in [3.63, 3.8) is 0 Å². The molecule has 1 aliphatic heterocycles. The van der Waals surface area contributed by atoms with Gasteiger partial charge >= 0.3 is 0 Å². The lowest BCUT2D eigenvalue weighted by atomic mass is 10.1. The number of nitrogens with zero attached hydrogens (tertiary/aromatic N) is 5. The van der Waals surface area contributed by atoms with Gasteiger partial charge in [-0.3, -0.25) is 14.9 Å². The molecule has 0 spiro atoms. The first-order valence-corrected chi connectivity index (χ1v) is 20.1. The minimum atomic E-state index is -0.629. The average molecular weight is 754 g/mol. The van der Waals surface area contributed by atoms with Crippen LogP contribution in [0.1, 0.15) is 38.1 Å². The molecule has 0 saturated carbocycles. The number of piperazine rings is 1. The number of anilines is 3. The monoisotopic (exact) mass is 753 g/mol. The number of allylic oxidation sites excluding steroid dienone is 1. The van der Waals surface area contributed by atoms with Crippen LogP contribution in [0, 0.1) is 18.6 Å². The Morgan fingerprint density at radius 3 is 2.43 bits per heavy atom. The Morgan fingerprint density at radius 2 is 1.75 bits per heavy atom. The Balaban J connectivity index is 0.00000169. The molecule has 4 aromatic rings. The number of nitrogens with one attached hydrogen (secondary N) is 2. The lowest BCUT2D eigenvalue weighted by molar-refractivity contribution is 0.273. The average Bonchev–Trinajstić information content (AvgIpc) is 3.65. The first kappa shape index (κ1) is 41.5. The maximum absolute atomic E-state index is 14.1. The van der Waals surface area contributed by atoms with Crippen LogP contribution in [0.3, 0.4) is 0 Å². The van der Waals surface area contributed by atoms with Crippen molar-refractivity contribution < 1.29 is 13.9 Å². The number of hydrogen-bond donors (Lipinski definition) is 3. The molecular weight excluding hydrogens is 705 g/mol. The molecule has 0 radical (unpaired) electrons. The lowest BCUT2D eigenvalue weighted by Gasteiger charge is -2.37. The molecule has 5 rings (SSSR count). The van der Waals surface area contributed by atoms with Crippen molar-refractivity contribution in [3.8, 4) is 17.0 Å². The summed E-state index contributed by atoms with van der Waals surface area (Å²) in [5.74, 6) is 0.0809. The molecule has 0 amide bonds. The maximum atomic E-state index is 14.1. The molecule has 274 valence electrons. The van der Waals surface area contributed by atoms with Crippen LogP contribution in [0.15, 0.2) is 81.1 Å². The van der Waals surface area contributed by atoms with Crippen LogP contribution in [0.4, 0.5) is 25.8 Å². The maximum Gasteiger partial charge on any atom is 0.141 e. The predicted molar refractivity (Wildman–Crippen MR) is 220 cm³/mol. The first-order valence-electron chi connectivity index (χ1n) is 17.0. The van der Waals surface area contributed by atoms with E-state index in [1.165, 1.54) is 29.5 Å². The van der Waals surface area contributed by atoms with Crippen molar-refractivity contribution in [2.75, 3.05) is 66.3 Å². The predicted octanol–water partition coefficient (Wildman–Crippen LogP) is 9.94. The molecule has 1 aliphatic rings. The van der Waals surface area contributed by atoms with E-state index in [4.69, 9.17) is 0 Å². The van der Waals surface area contributed by atoms with Crippen molar-refractivity contribution in [1.82, 2.24) is 9.88 Å². The van der Waals surface area contributed by atoms with Crippen molar-refractivity contribution in [3.05, 3.63) is 88.3 Å². The minimum absolute atomic E-state index is 0.101. The van der Waals surface area contributed by atoms with E-state index in [9.17, 15) is 13.9 Å². The van der Waals surface area contributed by atoms with Gasteiger partial charge in [-0.25, -0.2) is 13.8 Å². The van der Waals surface area contributed by atoms with Gasteiger partial charge in [0.1, 0.15) is 24.1 Å². The summed E-state index contributed by atoms with van der Waals surface area (Å²) in [6.07, 6.45) is 5.55. The summed E-state index contributed by atoms with van der Waals surface area (Å²) in [4.78, 5) is 18.7. The Hall–Kier alpha value is -3.91. The Labute approximate surface area is 314 Å². The third-order valence-corrected chi connectivity index (χ3v) is 10.0. The van der Waals surface area contributed by atoms with Crippen LogP contribution < -0.4 is 14.9 Å². The third kappa shape index (κ3) is 11.8. The highest BCUT2D eigenvalue weighted by atomic mass is 32.2. The summed E-state index contributed by atoms with van der Waals surface area (Å²) in [6, 6.07) is 15.0. The number of halogens is 2. The zero-order chi connectivity index (χ0) is 37.2. The van der Waals surface area contributed by atoms with Crippen molar-refractivity contribution in [1.29, 1.82) is 0 Å². The summed E-state index contributed by atoms with van der Waals surface area (Å²) in [5, 5.41) is 14.0. The Morgan fingerprint density at radius 1 is 1.04 bits per heavy atom. The Bertz CT molecular complexity index is 1720. The van der Waals surface area contributed by atoms with Gasteiger partial charge in [-0.05, 0) is 73.8 Å². The standard InChI is InChI=1S/C34H37F2N7OS3.2C2H6/c1-23-18-29(31(44)20-30(23)43-14-12-42(13-15-43)16-17-45-3)39-21-38-11-10-28(37-2)34-32(40-22-46-34)24-6-4-7-25(19-24)41-47-33-26(35)8-5-9-27(33)36;2*1-2/h4-11,18-20,22,39,41,44H,2,12-17,21H2,1,3H3;2*1-2H3/b28-10-,38-11-;;. The summed E-state index contributed by atoms with van der Waals surface area (Å²) >= 11 is 4.17. The number of aryl methyl sites for hydroxylation is 1. The molecule has 0 unspecified atom stereocenters. The highest BCUT2D eigenvalue weighted by Crippen LogP contribution is 2.35. The number of aliphatic imine (C=N–C) groups is 2. The molecule has 0 atom stereocenters. The van der Waals surface area contributed by atoms with Gasteiger partial charge in [-0.2, -0.15) is 11.8 Å². The summed E-state index contributed by atoms with van der Waals surface area (Å²) < 4.78 is 31.1. The van der Waals surface area contributed by atoms with Crippen molar-refractivity contribution >= 4 is 70.7 Å². The second-order valence-corrected chi connectivity index (χ2v) is 13.4. The number of aromatic hydroxyl groups is 1. The summed E-state index contributed by atoms with van der Waals surface area (Å²) in [6.45, 7) is 19.1. The topological polar surface area (TPSA) is 88.4 Å². The van der Waals surface area contributed by atoms with E-state index in [0.717, 1.165) is 72.1 Å². The van der Waals surface area contributed by atoms with Crippen LogP contribution in [0.2, 0.25) is 0 Å². The molecule has 1 saturated heterocycles. The van der Waals surface area contributed by atoms with Gasteiger partial charge in [0, 0.05) is 67.7 Å². The molecule has 13 heteroatoms. The van der Waals surface area contributed by atoms with E-state index in [1.807, 2.05) is 75.9 Å². The van der Waals surface area contributed by atoms with Crippen LogP contribution in [-0.2, 0) is 0 Å². The second-order valence-electron chi connectivity index (χ2n) is 10.7. The van der Waals surface area contributed by atoms with E-state index in [0.29, 0.717) is 22.8 Å². The Kier molecular flexibility index (Phi) is 18.0. The molecule has 2 heterocycles. The molecular formula is C38H49F2N7OS3. The van der Waals surface area contributed by atoms with Crippen molar-refractivity contribution in [2.45, 2.75) is 39.5 Å². The molecule has 51 heavy (non-hydrogen) atoms. The van der Waals surface area contributed by atoms with Crippen LogP contribution >= 0.6 is 35.0 Å². The SMILES string of the molecule is C=N/C(=C\C=N/CNc1cc(C)c(N2CCN(CCSC)CC2)cc1O)c1scnc1-c1cccc(NSc2c(F)cccc2F)c1.CC.CC. The number of aromatic nitrogens is 1. The fourth-order valence-electron chi connectivity index (χ4n) is 5.16. The fourth-order valence-corrected chi connectivity index (χ4v) is 7.08. The zero-order valence-corrected chi connectivity index (χ0v) is 32.7. The zero-order valence-electron chi connectivity index (χ0n) is 30.2. The number of thiazole rings is 1. The van der Waals surface area contributed by atoms with Gasteiger partial charge in [-0.15, -0.1) is 11.3 Å². The molecule has 3 aromatic carbocycles. The smallest absolute Gasteiger partial charge is 0.141 e. The molecule has 0 bridgehead atoms. The van der Waals surface area contributed by atoms with E-state index in [1.54, 1.807) is 17.8 Å². The number of rotatable bonds is 14. The van der Waals surface area contributed by atoms with Gasteiger partial charge in [-0.1, -0.05) is 45.9 Å². The number of phenols is 1. The molecule has 1 fully saturated rings. The highest BCUT2D eigenvalue weighted by Gasteiger charge is 2.20. The number of thioether (sulfide) groups is 1. The van der Waals surface area contributed by atoms with Gasteiger partial charge < -0.3 is 20.0 Å². The number of hydrogen-bond acceptors (Lipinski definition) is 11. The van der Waals surface area contributed by atoms with E-state index in [-0.39, 0.29) is 17.3 Å². The third-order valence-electron chi connectivity index (χ3n) is 7.63.